The van der Waals surface area contributed by atoms with Crippen LogP contribution in [-0.2, 0) is 4.74 Å². The molecule has 0 aromatic heterocycles. The summed E-state index contributed by atoms with van der Waals surface area (Å²) in [6, 6.07) is 5.85. The van der Waals surface area contributed by atoms with Crippen molar-refractivity contribution in [3.63, 3.8) is 0 Å². The number of nitrogen functional groups attached to an aromatic ring is 1. The van der Waals surface area contributed by atoms with Crippen molar-refractivity contribution in [1.82, 2.24) is 0 Å². The van der Waals surface area contributed by atoms with Crippen LogP contribution in [0.15, 0.2) is 18.2 Å². The average Bonchev–Trinajstić information content (AvgIpc) is 3.17. The Morgan fingerprint density at radius 3 is 2.80 bits per heavy atom. The van der Waals surface area contributed by atoms with Gasteiger partial charge >= 0.3 is 5.97 Å². The molecular weight excluding hydrogens is 262 g/mol. The minimum Gasteiger partial charge on any atom is -0.461 e. The smallest absolute Gasteiger partial charge is 0.338 e. The van der Waals surface area contributed by atoms with Gasteiger partial charge in [-0.3, -0.25) is 10.1 Å². The molecule has 7 heteroatoms. The molecule has 104 valence electrons. The topological polar surface area (TPSA) is 119 Å². The zero-order chi connectivity index (χ0) is 14.8. The number of nitriles is 1. The predicted molar refractivity (Wildman–Crippen MR) is 69.7 cm³/mol. The van der Waals surface area contributed by atoms with E-state index in [2.05, 4.69) is 6.07 Å². The van der Waals surface area contributed by atoms with Gasteiger partial charge in [-0.25, -0.2) is 4.79 Å². The Morgan fingerprint density at radius 1 is 1.55 bits per heavy atom. The van der Waals surface area contributed by atoms with Crippen LogP contribution in [0, 0.1) is 26.9 Å². The fourth-order valence-electron chi connectivity index (χ4n) is 1.85. The number of anilines is 1. The van der Waals surface area contributed by atoms with Crippen molar-refractivity contribution in [2.75, 3.05) is 12.3 Å². The fourth-order valence-corrected chi connectivity index (χ4v) is 1.85. The van der Waals surface area contributed by atoms with E-state index in [0.717, 1.165) is 18.9 Å². The molecule has 0 atom stereocenters. The van der Waals surface area contributed by atoms with E-state index in [1.165, 1.54) is 12.1 Å². The minimum atomic E-state index is -0.649. The lowest BCUT2D eigenvalue weighted by atomic mass is 10.1. The number of benzene rings is 1. The number of nitro benzene ring substituents is 1. The van der Waals surface area contributed by atoms with Gasteiger partial charge in [0.1, 0.15) is 5.69 Å². The van der Waals surface area contributed by atoms with Crippen molar-refractivity contribution >= 4 is 17.3 Å². The van der Waals surface area contributed by atoms with Crippen LogP contribution in [0.2, 0.25) is 0 Å². The van der Waals surface area contributed by atoms with Crippen LogP contribution < -0.4 is 5.73 Å². The molecule has 2 N–H and O–H groups in total. The van der Waals surface area contributed by atoms with Crippen molar-refractivity contribution in [1.29, 1.82) is 5.26 Å². The molecule has 2 rings (SSSR count). The van der Waals surface area contributed by atoms with Crippen molar-refractivity contribution in [2.24, 2.45) is 5.41 Å². The van der Waals surface area contributed by atoms with Gasteiger partial charge in [0.05, 0.1) is 23.2 Å². The predicted octanol–water partition coefficient (Wildman–Crippen LogP) is 2.03. The molecule has 0 heterocycles. The highest BCUT2D eigenvalue weighted by Gasteiger charge is 2.43. The number of hydrogen-bond acceptors (Lipinski definition) is 6. The lowest BCUT2D eigenvalue weighted by Gasteiger charge is -2.11. The SMILES string of the molecule is N#CCC1(COC(=O)c2ccc(N)c([N+](=O)[O-])c2)CC1. The third kappa shape index (κ3) is 2.85. The van der Waals surface area contributed by atoms with Gasteiger partial charge in [0.2, 0.25) is 0 Å². The van der Waals surface area contributed by atoms with Gasteiger partial charge in [-0.05, 0) is 25.0 Å². The van der Waals surface area contributed by atoms with E-state index < -0.39 is 10.9 Å². The third-order valence-electron chi connectivity index (χ3n) is 3.38. The van der Waals surface area contributed by atoms with E-state index in [-0.39, 0.29) is 29.0 Å². The molecular formula is C13H13N3O4. The van der Waals surface area contributed by atoms with E-state index in [1.54, 1.807) is 0 Å². The van der Waals surface area contributed by atoms with Gasteiger partial charge in [0.25, 0.3) is 5.69 Å². The van der Waals surface area contributed by atoms with Crippen LogP contribution in [0.1, 0.15) is 29.6 Å². The Kier molecular flexibility index (Phi) is 3.57. The standard InChI is InChI=1S/C13H13N3O4/c14-6-5-13(3-4-13)8-20-12(17)9-1-2-10(15)11(7-9)16(18)19/h1-2,7H,3-5,8,15H2. The Morgan fingerprint density at radius 2 is 2.25 bits per heavy atom. The van der Waals surface area contributed by atoms with Crippen LogP contribution in [0.4, 0.5) is 11.4 Å². The summed E-state index contributed by atoms with van der Waals surface area (Å²) in [5.74, 6) is -0.641. The van der Waals surface area contributed by atoms with Crippen LogP contribution in [0.25, 0.3) is 0 Å². The first-order valence-electron chi connectivity index (χ1n) is 6.05. The summed E-state index contributed by atoms with van der Waals surface area (Å²) in [5.41, 5.74) is 4.99. The average molecular weight is 275 g/mol. The summed E-state index contributed by atoms with van der Waals surface area (Å²) in [6.07, 6.45) is 2.06. The Hall–Kier alpha value is -2.62. The third-order valence-corrected chi connectivity index (χ3v) is 3.38. The quantitative estimate of drug-likeness (QED) is 0.380. The lowest BCUT2D eigenvalue weighted by Crippen LogP contribution is -2.15. The van der Waals surface area contributed by atoms with Crippen LogP contribution in [0.3, 0.4) is 0 Å². The van der Waals surface area contributed by atoms with Gasteiger partial charge in [0, 0.05) is 17.9 Å². The van der Waals surface area contributed by atoms with E-state index in [0.29, 0.717) is 6.42 Å². The maximum atomic E-state index is 11.8. The number of nitrogens with zero attached hydrogens (tertiary/aromatic N) is 2. The zero-order valence-electron chi connectivity index (χ0n) is 10.7. The van der Waals surface area contributed by atoms with E-state index >= 15 is 0 Å². The molecule has 0 aliphatic heterocycles. The Labute approximate surface area is 115 Å². The first-order chi connectivity index (χ1) is 9.47. The van der Waals surface area contributed by atoms with Gasteiger partial charge in [-0.1, -0.05) is 0 Å². The second-order valence-electron chi connectivity index (χ2n) is 4.94. The minimum absolute atomic E-state index is 0.00491. The highest BCUT2D eigenvalue weighted by atomic mass is 16.6. The summed E-state index contributed by atoms with van der Waals surface area (Å²) in [4.78, 5) is 21.9. The molecule has 1 fully saturated rings. The summed E-state index contributed by atoms with van der Waals surface area (Å²) in [5, 5.41) is 19.4. The van der Waals surface area contributed by atoms with Gasteiger partial charge in [-0.2, -0.15) is 5.26 Å². The molecule has 0 amide bonds. The lowest BCUT2D eigenvalue weighted by molar-refractivity contribution is -0.383. The fraction of sp³-hybridized carbons (Fsp3) is 0.385. The largest absolute Gasteiger partial charge is 0.461 e. The van der Waals surface area contributed by atoms with E-state index in [9.17, 15) is 14.9 Å². The van der Waals surface area contributed by atoms with Gasteiger partial charge in [-0.15, -0.1) is 0 Å². The molecule has 7 nitrogen and oxygen atoms in total. The van der Waals surface area contributed by atoms with Crippen molar-refractivity contribution in [2.45, 2.75) is 19.3 Å². The van der Waals surface area contributed by atoms with Crippen LogP contribution >= 0.6 is 0 Å². The summed E-state index contributed by atoms with van der Waals surface area (Å²) >= 11 is 0. The molecule has 0 radical (unpaired) electrons. The van der Waals surface area contributed by atoms with Crippen molar-refractivity contribution in [3.8, 4) is 6.07 Å². The molecule has 0 unspecified atom stereocenters. The normalized spacial score (nSPS) is 15.2. The Balaban J connectivity index is 2.05. The van der Waals surface area contributed by atoms with Crippen LogP contribution in [-0.4, -0.2) is 17.5 Å². The molecule has 1 saturated carbocycles. The maximum absolute atomic E-state index is 11.8. The van der Waals surface area contributed by atoms with E-state index in [1.807, 2.05) is 0 Å². The number of nitro groups is 1. The van der Waals surface area contributed by atoms with E-state index in [4.69, 9.17) is 15.7 Å². The summed E-state index contributed by atoms with van der Waals surface area (Å²) in [6.45, 7) is 0.164. The zero-order valence-corrected chi connectivity index (χ0v) is 10.7. The Bertz CT molecular complexity index is 602. The second-order valence-corrected chi connectivity index (χ2v) is 4.94. The maximum Gasteiger partial charge on any atom is 0.338 e. The number of ether oxygens (including phenoxy) is 1. The highest BCUT2D eigenvalue weighted by molar-refractivity contribution is 5.91. The number of carbonyl (C=O) groups excluding carboxylic acids is 1. The number of hydrogen-bond donors (Lipinski definition) is 1. The molecule has 20 heavy (non-hydrogen) atoms. The van der Waals surface area contributed by atoms with Gasteiger partial charge < -0.3 is 10.5 Å². The van der Waals surface area contributed by atoms with Gasteiger partial charge in [0.15, 0.2) is 0 Å². The first-order valence-corrected chi connectivity index (χ1v) is 6.05. The molecule has 1 aromatic rings. The molecule has 1 aliphatic rings. The summed E-state index contributed by atoms with van der Waals surface area (Å²) in [7, 11) is 0. The monoisotopic (exact) mass is 275 g/mol. The highest BCUT2D eigenvalue weighted by Crippen LogP contribution is 2.48. The second kappa shape index (κ2) is 5.17. The molecule has 0 spiro atoms. The molecule has 0 bridgehead atoms. The van der Waals surface area contributed by atoms with Crippen LogP contribution in [0.5, 0.6) is 0 Å². The number of nitrogens with two attached hydrogens (primary N) is 1. The number of esters is 1. The summed E-state index contributed by atoms with van der Waals surface area (Å²) < 4.78 is 5.13. The molecule has 1 aliphatic carbocycles. The first kappa shape index (κ1) is 13.8. The molecule has 1 aromatic carbocycles. The molecule has 0 saturated heterocycles. The number of rotatable bonds is 5. The van der Waals surface area contributed by atoms with Crippen molar-refractivity contribution in [3.05, 3.63) is 33.9 Å². The van der Waals surface area contributed by atoms with Crippen molar-refractivity contribution < 1.29 is 14.5 Å². The number of carbonyl (C=O) groups is 1.